The fraction of sp³-hybridized carbons (Fsp3) is 0.130. The zero-order valence-electron chi connectivity index (χ0n) is 16.2. The average molecular weight is 425 g/mol. The van der Waals surface area contributed by atoms with Gasteiger partial charge in [-0.2, -0.15) is 0 Å². The van der Waals surface area contributed by atoms with Gasteiger partial charge < -0.3 is 10.6 Å². The molecule has 0 unspecified atom stereocenters. The van der Waals surface area contributed by atoms with Crippen molar-refractivity contribution in [1.82, 2.24) is 0 Å². The molecular weight excluding hydrogens is 404 g/mol. The van der Waals surface area contributed by atoms with E-state index in [0.29, 0.717) is 22.0 Å². The number of anilines is 2. The largest absolute Gasteiger partial charge is 0.325 e. The Hall–Kier alpha value is -2.76. The van der Waals surface area contributed by atoms with E-state index in [1.165, 1.54) is 11.8 Å². The molecule has 0 fully saturated rings. The van der Waals surface area contributed by atoms with E-state index in [1.807, 2.05) is 56.3 Å². The Morgan fingerprint density at radius 3 is 2.45 bits per heavy atom. The number of nitrogens with one attached hydrogen (secondary N) is 2. The number of thioether (sulfide) groups is 1. The van der Waals surface area contributed by atoms with Crippen molar-refractivity contribution in [2.45, 2.75) is 18.7 Å². The molecule has 0 radical (unpaired) electrons. The van der Waals surface area contributed by atoms with Crippen molar-refractivity contribution in [1.29, 1.82) is 0 Å². The summed E-state index contributed by atoms with van der Waals surface area (Å²) in [7, 11) is 0. The fourth-order valence-corrected chi connectivity index (χ4v) is 3.56. The standard InChI is InChI=1S/C23H21ClN2O2S/c1-15-6-9-17(10-7-15)23(28)25-19-4-3-5-20(13-19)29-14-22(27)26-21-12-18(24)11-8-16(21)2/h3-13H,14H2,1-2H3,(H,25,28)(H,26,27). The lowest BCUT2D eigenvalue weighted by molar-refractivity contribution is -0.113. The molecule has 148 valence electrons. The Morgan fingerprint density at radius 1 is 0.931 bits per heavy atom. The van der Waals surface area contributed by atoms with Gasteiger partial charge in [0.1, 0.15) is 0 Å². The van der Waals surface area contributed by atoms with Gasteiger partial charge in [-0.05, 0) is 61.9 Å². The maximum atomic E-state index is 12.4. The van der Waals surface area contributed by atoms with Gasteiger partial charge in [-0.1, -0.05) is 41.4 Å². The first kappa shape index (κ1) is 21.0. The molecule has 0 aromatic heterocycles. The van der Waals surface area contributed by atoms with Gasteiger partial charge in [0.05, 0.1) is 5.75 Å². The van der Waals surface area contributed by atoms with Gasteiger partial charge in [0, 0.05) is 26.9 Å². The number of amides is 2. The first-order chi connectivity index (χ1) is 13.9. The summed E-state index contributed by atoms with van der Waals surface area (Å²) in [5.41, 5.74) is 4.05. The predicted octanol–water partition coefficient (Wildman–Crippen LogP) is 5.94. The smallest absolute Gasteiger partial charge is 0.255 e. The number of halogens is 1. The van der Waals surface area contributed by atoms with E-state index in [0.717, 1.165) is 16.0 Å². The third-order valence-corrected chi connectivity index (χ3v) is 5.48. The van der Waals surface area contributed by atoms with Gasteiger partial charge in [0.25, 0.3) is 5.91 Å². The highest BCUT2D eigenvalue weighted by molar-refractivity contribution is 8.00. The third kappa shape index (κ3) is 6.11. The predicted molar refractivity (Wildman–Crippen MR) is 121 cm³/mol. The number of aryl methyl sites for hydroxylation is 2. The average Bonchev–Trinajstić information content (AvgIpc) is 2.70. The van der Waals surface area contributed by atoms with Crippen molar-refractivity contribution in [3.05, 3.63) is 88.4 Å². The molecule has 6 heteroatoms. The van der Waals surface area contributed by atoms with Crippen LogP contribution in [0.5, 0.6) is 0 Å². The lowest BCUT2D eigenvalue weighted by atomic mass is 10.1. The molecule has 4 nitrogen and oxygen atoms in total. The van der Waals surface area contributed by atoms with Crippen LogP contribution in [0.15, 0.2) is 71.6 Å². The molecule has 0 aliphatic heterocycles. The van der Waals surface area contributed by atoms with Crippen LogP contribution in [-0.4, -0.2) is 17.6 Å². The SMILES string of the molecule is Cc1ccc(C(=O)Nc2cccc(SCC(=O)Nc3cc(Cl)ccc3C)c2)cc1. The highest BCUT2D eigenvalue weighted by Gasteiger charge is 2.09. The summed E-state index contributed by atoms with van der Waals surface area (Å²) in [6, 6.07) is 20.2. The summed E-state index contributed by atoms with van der Waals surface area (Å²) in [5, 5.41) is 6.35. The molecule has 0 spiro atoms. The van der Waals surface area contributed by atoms with Gasteiger partial charge in [-0.25, -0.2) is 0 Å². The second-order valence-corrected chi connectivity index (χ2v) is 8.13. The monoisotopic (exact) mass is 424 g/mol. The van der Waals surface area contributed by atoms with Gasteiger partial charge >= 0.3 is 0 Å². The summed E-state index contributed by atoms with van der Waals surface area (Å²) in [6.07, 6.45) is 0. The van der Waals surface area contributed by atoms with Crippen molar-refractivity contribution in [2.75, 3.05) is 16.4 Å². The molecular formula is C23H21ClN2O2S. The van der Waals surface area contributed by atoms with Gasteiger partial charge in [-0.3, -0.25) is 9.59 Å². The molecule has 29 heavy (non-hydrogen) atoms. The highest BCUT2D eigenvalue weighted by Crippen LogP contribution is 2.24. The Balaban J connectivity index is 1.58. The second kappa shape index (κ2) is 9.63. The molecule has 0 atom stereocenters. The minimum Gasteiger partial charge on any atom is -0.325 e. The first-order valence-corrected chi connectivity index (χ1v) is 10.4. The molecule has 0 heterocycles. The summed E-state index contributed by atoms with van der Waals surface area (Å²) in [5.74, 6) is -0.0304. The van der Waals surface area contributed by atoms with Crippen molar-refractivity contribution in [3.8, 4) is 0 Å². The first-order valence-electron chi connectivity index (χ1n) is 9.07. The van der Waals surface area contributed by atoms with E-state index in [4.69, 9.17) is 11.6 Å². The Kier molecular flexibility index (Phi) is 6.96. The van der Waals surface area contributed by atoms with Crippen LogP contribution < -0.4 is 10.6 Å². The number of rotatable bonds is 6. The molecule has 0 saturated carbocycles. The molecule has 0 aliphatic carbocycles. The molecule has 0 aliphatic rings. The zero-order chi connectivity index (χ0) is 20.8. The van der Waals surface area contributed by atoms with Crippen molar-refractivity contribution in [3.63, 3.8) is 0 Å². The minimum atomic E-state index is -0.165. The van der Waals surface area contributed by atoms with Crippen LogP contribution >= 0.6 is 23.4 Å². The summed E-state index contributed by atoms with van der Waals surface area (Å²) in [4.78, 5) is 25.5. The summed E-state index contributed by atoms with van der Waals surface area (Å²) in [6.45, 7) is 3.89. The molecule has 3 rings (SSSR count). The minimum absolute atomic E-state index is 0.116. The van der Waals surface area contributed by atoms with Gasteiger partial charge in [0.2, 0.25) is 5.91 Å². The van der Waals surface area contributed by atoms with Crippen LogP contribution in [0.25, 0.3) is 0 Å². The lowest BCUT2D eigenvalue weighted by Crippen LogP contribution is -2.15. The third-order valence-electron chi connectivity index (χ3n) is 4.25. The van der Waals surface area contributed by atoms with Gasteiger partial charge in [-0.15, -0.1) is 11.8 Å². The molecule has 0 saturated heterocycles. The van der Waals surface area contributed by atoms with Crippen LogP contribution in [-0.2, 0) is 4.79 Å². The number of hydrogen-bond donors (Lipinski definition) is 2. The fourth-order valence-electron chi connectivity index (χ4n) is 2.64. The molecule has 3 aromatic carbocycles. The molecule has 2 amide bonds. The number of benzene rings is 3. The van der Waals surface area contributed by atoms with Crippen LogP contribution in [0.1, 0.15) is 21.5 Å². The van der Waals surface area contributed by atoms with E-state index in [2.05, 4.69) is 10.6 Å². The highest BCUT2D eigenvalue weighted by atomic mass is 35.5. The van der Waals surface area contributed by atoms with E-state index in [1.54, 1.807) is 24.3 Å². The van der Waals surface area contributed by atoms with Gasteiger partial charge in [0.15, 0.2) is 0 Å². The van der Waals surface area contributed by atoms with Crippen molar-refractivity contribution < 1.29 is 9.59 Å². The second-order valence-electron chi connectivity index (χ2n) is 6.64. The van der Waals surface area contributed by atoms with Crippen molar-refractivity contribution >= 4 is 46.6 Å². The van der Waals surface area contributed by atoms with E-state index in [9.17, 15) is 9.59 Å². The quantitative estimate of drug-likeness (QED) is 0.481. The molecule has 2 N–H and O–H groups in total. The maximum absolute atomic E-state index is 12.4. The van der Waals surface area contributed by atoms with Crippen molar-refractivity contribution in [2.24, 2.45) is 0 Å². The van der Waals surface area contributed by atoms with Crippen LogP contribution in [0.2, 0.25) is 5.02 Å². The Morgan fingerprint density at radius 2 is 1.69 bits per heavy atom. The van der Waals surface area contributed by atoms with E-state index < -0.39 is 0 Å². The summed E-state index contributed by atoms with van der Waals surface area (Å²) < 4.78 is 0. The molecule has 3 aromatic rings. The zero-order valence-corrected chi connectivity index (χ0v) is 17.7. The van der Waals surface area contributed by atoms with E-state index in [-0.39, 0.29) is 17.6 Å². The molecule has 0 bridgehead atoms. The Labute approximate surface area is 179 Å². The topological polar surface area (TPSA) is 58.2 Å². The van der Waals surface area contributed by atoms with Crippen LogP contribution in [0.4, 0.5) is 11.4 Å². The van der Waals surface area contributed by atoms with Crippen LogP contribution in [0, 0.1) is 13.8 Å². The van der Waals surface area contributed by atoms with E-state index >= 15 is 0 Å². The number of hydrogen-bond acceptors (Lipinski definition) is 3. The normalized spacial score (nSPS) is 10.4. The Bertz CT molecular complexity index is 1040. The lowest BCUT2D eigenvalue weighted by Gasteiger charge is -2.10. The summed E-state index contributed by atoms with van der Waals surface area (Å²) >= 11 is 7.39. The van der Waals surface area contributed by atoms with Crippen LogP contribution in [0.3, 0.4) is 0 Å². The maximum Gasteiger partial charge on any atom is 0.255 e. The number of carbonyl (C=O) groups is 2. The number of carbonyl (C=O) groups excluding carboxylic acids is 2.